The number of hydrogen-bond donors (Lipinski definition) is 0. The fraction of sp³-hybridized carbons (Fsp3) is 0.769. The minimum atomic E-state index is 0.811. The number of aryl methyl sites for hydroxylation is 2. The Morgan fingerprint density at radius 1 is 0.824 bits per heavy atom. The predicted molar refractivity (Wildman–Crippen MR) is 71.3 cm³/mol. The lowest BCUT2D eigenvalue weighted by molar-refractivity contribution is 0.657. The van der Waals surface area contributed by atoms with Gasteiger partial charge in [-0.1, -0.05) is 26.7 Å². The number of unbranched alkanes of at least 4 members (excludes halogenated alkanes) is 2. The van der Waals surface area contributed by atoms with Crippen LogP contribution in [-0.4, -0.2) is 28.0 Å². The summed E-state index contributed by atoms with van der Waals surface area (Å²) in [4.78, 5) is 15.4. The van der Waals surface area contributed by atoms with Gasteiger partial charge in [-0.3, -0.25) is 0 Å². The van der Waals surface area contributed by atoms with Crippen molar-refractivity contribution in [2.75, 3.05) is 18.0 Å². The number of rotatable bonds is 7. The molecule has 1 heterocycles. The molecule has 0 aliphatic rings. The quantitative estimate of drug-likeness (QED) is 0.730. The molecular formula is C13H24N4. The Morgan fingerprint density at radius 2 is 1.29 bits per heavy atom. The Hall–Kier alpha value is -1.19. The molecule has 4 nitrogen and oxygen atoms in total. The van der Waals surface area contributed by atoms with Gasteiger partial charge in [0, 0.05) is 13.1 Å². The fourth-order valence-electron chi connectivity index (χ4n) is 1.75. The van der Waals surface area contributed by atoms with Crippen molar-refractivity contribution >= 4 is 5.95 Å². The molecule has 0 saturated carbocycles. The third kappa shape index (κ3) is 4.67. The van der Waals surface area contributed by atoms with Crippen LogP contribution in [0.5, 0.6) is 0 Å². The SMILES string of the molecule is CCCCN(CCCC)c1nc(C)nc(C)n1. The standard InChI is InChI=1S/C13H24N4/c1-5-7-9-17(10-8-6-2)13-15-11(3)14-12(4)16-13/h5-10H2,1-4H3. The molecule has 1 aromatic heterocycles. The third-order valence-corrected chi connectivity index (χ3v) is 2.69. The van der Waals surface area contributed by atoms with E-state index in [1.54, 1.807) is 0 Å². The average molecular weight is 236 g/mol. The van der Waals surface area contributed by atoms with Crippen LogP contribution >= 0.6 is 0 Å². The largest absolute Gasteiger partial charge is 0.341 e. The lowest BCUT2D eigenvalue weighted by Crippen LogP contribution is -2.28. The van der Waals surface area contributed by atoms with Gasteiger partial charge in [-0.05, 0) is 26.7 Å². The van der Waals surface area contributed by atoms with E-state index in [0.29, 0.717) is 0 Å². The van der Waals surface area contributed by atoms with Crippen molar-refractivity contribution in [3.05, 3.63) is 11.6 Å². The highest BCUT2D eigenvalue weighted by Gasteiger charge is 2.10. The van der Waals surface area contributed by atoms with E-state index < -0.39 is 0 Å². The van der Waals surface area contributed by atoms with Gasteiger partial charge in [0.25, 0.3) is 0 Å². The van der Waals surface area contributed by atoms with Crippen LogP contribution in [0, 0.1) is 13.8 Å². The molecule has 1 rings (SSSR count). The van der Waals surface area contributed by atoms with Crippen LogP contribution in [0.4, 0.5) is 5.95 Å². The van der Waals surface area contributed by atoms with E-state index in [-0.39, 0.29) is 0 Å². The summed E-state index contributed by atoms with van der Waals surface area (Å²) >= 11 is 0. The number of nitrogens with zero attached hydrogens (tertiary/aromatic N) is 4. The van der Waals surface area contributed by atoms with Crippen molar-refractivity contribution in [2.45, 2.75) is 53.4 Å². The Labute approximate surface area is 104 Å². The van der Waals surface area contributed by atoms with Gasteiger partial charge in [0.15, 0.2) is 0 Å². The topological polar surface area (TPSA) is 41.9 Å². The zero-order valence-corrected chi connectivity index (χ0v) is 11.5. The monoisotopic (exact) mass is 236 g/mol. The lowest BCUT2D eigenvalue weighted by atomic mass is 10.3. The molecule has 96 valence electrons. The van der Waals surface area contributed by atoms with Crippen molar-refractivity contribution in [1.29, 1.82) is 0 Å². The molecule has 0 aliphatic carbocycles. The molecule has 0 amide bonds. The van der Waals surface area contributed by atoms with E-state index in [1.807, 2.05) is 13.8 Å². The average Bonchev–Trinajstić information content (AvgIpc) is 2.28. The van der Waals surface area contributed by atoms with Gasteiger partial charge in [0.05, 0.1) is 0 Å². The molecule has 0 aliphatic heterocycles. The Bertz CT molecular complexity index is 310. The first kappa shape index (κ1) is 13.9. The summed E-state index contributed by atoms with van der Waals surface area (Å²) in [5.74, 6) is 2.47. The van der Waals surface area contributed by atoms with E-state index in [2.05, 4.69) is 33.7 Å². The molecular weight excluding hydrogens is 212 g/mol. The molecule has 17 heavy (non-hydrogen) atoms. The predicted octanol–water partition coefficient (Wildman–Crippen LogP) is 2.90. The molecule has 0 unspecified atom stereocenters. The van der Waals surface area contributed by atoms with Crippen molar-refractivity contribution in [1.82, 2.24) is 15.0 Å². The van der Waals surface area contributed by atoms with E-state index in [0.717, 1.165) is 30.7 Å². The van der Waals surface area contributed by atoms with Gasteiger partial charge in [0.1, 0.15) is 11.6 Å². The van der Waals surface area contributed by atoms with Crippen LogP contribution in [0.1, 0.15) is 51.2 Å². The van der Waals surface area contributed by atoms with Crippen LogP contribution in [0.15, 0.2) is 0 Å². The lowest BCUT2D eigenvalue weighted by Gasteiger charge is -2.22. The van der Waals surface area contributed by atoms with Crippen LogP contribution in [0.3, 0.4) is 0 Å². The maximum absolute atomic E-state index is 4.44. The van der Waals surface area contributed by atoms with Crippen LogP contribution in [-0.2, 0) is 0 Å². The summed E-state index contributed by atoms with van der Waals surface area (Å²) in [7, 11) is 0. The second kappa shape index (κ2) is 7.20. The Morgan fingerprint density at radius 3 is 1.71 bits per heavy atom. The van der Waals surface area contributed by atoms with Crippen molar-refractivity contribution in [3.8, 4) is 0 Å². The van der Waals surface area contributed by atoms with Gasteiger partial charge in [0.2, 0.25) is 5.95 Å². The smallest absolute Gasteiger partial charge is 0.228 e. The molecule has 0 atom stereocenters. The minimum Gasteiger partial charge on any atom is -0.341 e. The minimum absolute atomic E-state index is 0.811. The van der Waals surface area contributed by atoms with Gasteiger partial charge < -0.3 is 4.90 Å². The molecule has 0 bridgehead atoms. The number of anilines is 1. The molecule has 0 N–H and O–H groups in total. The molecule has 0 spiro atoms. The van der Waals surface area contributed by atoms with Gasteiger partial charge >= 0.3 is 0 Å². The van der Waals surface area contributed by atoms with E-state index in [4.69, 9.17) is 0 Å². The van der Waals surface area contributed by atoms with Crippen molar-refractivity contribution < 1.29 is 0 Å². The molecule has 0 fully saturated rings. The molecule has 1 aromatic rings. The maximum Gasteiger partial charge on any atom is 0.228 e. The number of hydrogen-bond acceptors (Lipinski definition) is 4. The molecule has 0 saturated heterocycles. The molecule has 4 heteroatoms. The fourth-order valence-corrected chi connectivity index (χ4v) is 1.75. The second-order valence-corrected chi connectivity index (χ2v) is 4.42. The highest BCUT2D eigenvalue weighted by atomic mass is 15.3. The second-order valence-electron chi connectivity index (χ2n) is 4.42. The van der Waals surface area contributed by atoms with Crippen molar-refractivity contribution in [3.63, 3.8) is 0 Å². The first-order valence-electron chi connectivity index (χ1n) is 6.61. The normalized spacial score (nSPS) is 10.6. The zero-order chi connectivity index (χ0) is 12.7. The van der Waals surface area contributed by atoms with Gasteiger partial charge in [-0.25, -0.2) is 4.98 Å². The van der Waals surface area contributed by atoms with Crippen LogP contribution in [0.25, 0.3) is 0 Å². The summed E-state index contributed by atoms with van der Waals surface area (Å²) in [6.45, 7) is 10.4. The highest BCUT2D eigenvalue weighted by Crippen LogP contribution is 2.10. The summed E-state index contributed by atoms with van der Waals surface area (Å²) in [5.41, 5.74) is 0. The van der Waals surface area contributed by atoms with Crippen LogP contribution < -0.4 is 4.90 Å². The molecule has 0 aromatic carbocycles. The number of aromatic nitrogens is 3. The summed E-state index contributed by atoms with van der Waals surface area (Å²) < 4.78 is 0. The highest BCUT2D eigenvalue weighted by molar-refractivity contribution is 5.29. The van der Waals surface area contributed by atoms with Crippen molar-refractivity contribution in [2.24, 2.45) is 0 Å². The summed E-state index contributed by atoms with van der Waals surface area (Å²) in [6, 6.07) is 0. The Balaban J connectivity index is 2.78. The van der Waals surface area contributed by atoms with Crippen LogP contribution in [0.2, 0.25) is 0 Å². The van der Waals surface area contributed by atoms with E-state index in [1.165, 1.54) is 25.7 Å². The van der Waals surface area contributed by atoms with E-state index >= 15 is 0 Å². The third-order valence-electron chi connectivity index (χ3n) is 2.69. The zero-order valence-electron chi connectivity index (χ0n) is 11.5. The van der Waals surface area contributed by atoms with Gasteiger partial charge in [-0.2, -0.15) is 9.97 Å². The first-order chi connectivity index (χ1) is 8.17. The summed E-state index contributed by atoms with van der Waals surface area (Å²) in [5, 5.41) is 0. The maximum atomic E-state index is 4.44. The molecule has 0 radical (unpaired) electrons. The first-order valence-corrected chi connectivity index (χ1v) is 6.61. The van der Waals surface area contributed by atoms with E-state index in [9.17, 15) is 0 Å². The van der Waals surface area contributed by atoms with Gasteiger partial charge in [-0.15, -0.1) is 0 Å². The summed E-state index contributed by atoms with van der Waals surface area (Å²) in [6.07, 6.45) is 4.78. The Kier molecular flexibility index (Phi) is 5.87.